The van der Waals surface area contributed by atoms with Crippen LogP contribution < -0.4 is 5.32 Å². The van der Waals surface area contributed by atoms with Crippen LogP contribution in [-0.2, 0) is 13.0 Å². The minimum atomic E-state index is -0.476. The second-order valence-corrected chi connectivity index (χ2v) is 7.74. The SMILES string of the molecule is O=C1NCc2coc(n2)-c2coc(n2)-c2coc(n2)CC=Cc2nc(co2)-c2nc(co2)-c2nc1co2. The van der Waals surface area contributed by atoms with Gasteiger partial charge in [0.15, 0.2) is 34.4 Å². The van der Waals surface area contributed by atoms with Crippen LogP contribution in [0.25, 0.3) is 52.4 Å². The molecule has 7 heterocycles. The van der Waals surface area contributed by atoms with E-state index < -0.39 is 5.91 Å². The summed E-state index contributed by atoms with van der Waals surface area (Å²) in [7, 11) is 0. The molecular weight excluding hydrogens is 486 g/mol. The zero-order chi connectivity index (χ0) is 24.8. The van der Waals surface area contributed by atoms with Crippen molar-refractivity contribution >= 4 is 12.0 Å². The summed E-state index contributed by atoms with van der Waals surface area (Å²) in [5, 5.41) is 2.70. The summed E-state index contributed by atoms with van der Waals surface area (Å²) < 4.78 is 32.9. The van der Waals surface area contributed by atoms with Crippen molar-refractivity contribution in [2.75, 3.05) is 0 Å². The highest BCUT2D eigenvalue weighted by atomic mass is 16.4. The summed E-state index contributed by atoms with van der Waals surface area (Å²) in [6.07, 6.45) is 12.0. The number of carbonyl (C=O) groups is 1. The molecule has 182 valence electrons. The molecule has 12 bridgehead atoms. The molecule has 37 heavy (non-hydrogen) atoms. The molecule has 0 radical (unpaired) electrons. The van der Waals surface area contributed by atoms with Crippen LogP contribution >= 0.6 is 0 Å². The van der Waals surface area contributed by atoms with Crippen molar-refractivity contribution in [2.45, 2.75) is 13.0 Å². The lowest BCUT2D eigenvalue weighted by atomic mass is 10.3. The van der Waals surface area contributed by atoms with Gasteiger partial charge in [-0.25, -0.2) is 29.9 Å². The molecule has 1 aliphatic heterocycles. The first-order valence-corrected chi connectivity index (χ1v) is 10.8. The van der Waals surface area contributed by atoms with Gasteiger partial charge in [-0.1, -0.05) is 6.08 Å². The smallest absolute Gasteiger partial charge is 0.273 e. The molecule has 6 aromatic heterocycles. The molecule has 7 rings (SSSR count). The lowest BCUT2D eigenvalue weighted by Crippen LogP contribution is -2.23. The second kappa shape index (κ2) is 8.30. The molecule has 0 atom stereocenters. The predicted molar refractivity (Wildman–Crippen MR) is 119 cm³/mol. The number of carbonyl (C=O) groups excluding carboxylic acids is 1. The van der Waals surface area contributed by atoms with E-state index in [1.54, 1.807) is 12.2 Å². The number of amides is 1. The summed E-state index contributed by atoms with van der Waals surface area (Å²) in [4.78, 5) is 38.5. The standard InChI is InChI=1S/C23H13N7O7/c31-19-12-6-35-23(28-12)16-10-37-22(30-16)14-8-33-18(27-14)3-1-2-17-26-13(7-32-17)21-29-15(9-36-21)20-25-11(4-24-19)5-34-20/h1,3,5-10H,2,4H2,(H,24,31). The first-order valence-electron chi connectivity index (χ1n) is 10.8. The topological polar surface area (TPSA) is 185 Å². The van der Waals surface area contributed by atoms with Gasteiger partial charge in [-0.2, -0.15) is 0 Å². The van der Waals surface area contributed by atoms with Crippen LogP contribution in [-0.4, -0.2) is 35.8 Å². The van der Waals surface area contributed by atoms with Gasteiger partial charge in [0.2, 0.25) is 29.5 Å². The van der Waals surface area contributed by atoms with Crippen molar-refractivity contribution in [2.24, 2.45) is 0 Å². The average molecular weight is 499 g/mol. The molecule has 1 amide bonds. The van der Waals surface area contributed by atoms with Crippen molar-refractivity contribution < 1.29 is 31.3 Å². The van der Waals surface area contributed by atoms with E-state index >= 15 is 0 Å². The molecule has 14 nitrogen and oxygen atoms in total. The van der Waals surface area contributed by atoms with Gasteiger partial charge in [-0.05, 0) is 6.08 Å². The number of rotatable bonds is 0. The Morgan fingerprint density at radius 3 is 1.95 bits per heavy atom. The van der Waals surface area contributed by atoms with E-state index in [2.05, 4.69) is 35.2 Å². The summed E-state index contributed by atoms with van der Waals surface area (Å²) in [6, 6.07) is 0. The van der Waals surface area contributed by atoms with E-state index in [9.17, 15) is 4.79 Å². The first-order chi connectivity index (χ1) is 18.2. The summed E-state index contributed by atoms with van der Waals surface area (Å²) in [5.74, 6) is 1.04. The molecule has 0 aromatic carbocycles. The van der Waals surface area contributed by atoms with Gasteiger partial charge in [0.25, 0.3) is 5.91 Å². The highest BCUT2D eigenvalue weighted by Gasteiger charge is 2.20. The van der Waals surface area contributed by atoms with Gasteiger partial charge in [0.05, 0.1) is 12.2 Å². The minimum absolute atomic E-state index is 0.0553. The van der Waals surface area contributed by atoms with Crippen LogP contribution in [0.1, 0.15) is 28.0 Å². The highest BCUT2D eigenvalue weighted by molar-refractivity contribution is 5.92. The zero-order valence-electron chi connectivity index (χ0n) is 18.6. The maximum absolute atomic E-state index is 12.6. The van der Waals surface area contributed by atoms with E-state index in [1.165, 1.54) is 37.6 Å². The summed E-state index contributed by atoms with van der Waals surface area (Å²) in [5.41, 5.74) is 1.95. The number of aromatic nitrogens is 6. The number of nitrogens with zero attached hydrogens (tertiary/aromatic N) is 6. The van der Waals surface area contributed by atoms with Crippen LogP contribution in [0.5, 0.6) is 0 Å². The molecule has 0 saturated carbocycles. The Balaban J connectivity index is 1.23. The molecule has 0 fully saturated rings. The molecule has 14 heteroatoms. The van der Waals surface area contributed by atoms with Crippen molar-refractivity contribution in [1.29, 1.82) is 0 Å². The third-order valence-corrected chi connectivity index (χ3v) is 5.23. The molecule has 1 aliphatic rings. The molecule has 0 saturated heterocycles. The Morgan fingerprint density at radius 1 is 0.595 bits per heavy atom. The number of nitrogens with one attached hydrogen (secondary N) is 1. The maximum Gasteiger partial charge on any atom is 0.273 e. The van der Waals surface area contributed by atoms with Crippen LogP contribution in [0.3, 0.4) is 0 Å². The van der Waals surface area contributed by atoms with Crippen molar-refractivity contribution in [3.63, 3.8) is 0 Å². The minimum Gasteiger partial charge on any atom is -0.448 e. The first kappa shape index (κ1) is 20.8. The molecule has 0 aliphatic carbocycles. The number of hydrogen-bond acceptors (Lipinski definition) is 13. The molecule has 0 unspecified atom stereocenters. The third-order valence-electron chi connectivity index (χ3n) is 5.23. The van der Waals surface area contributed by atoms with Crippen LogP contribution in [0.4, 0.5) is 0 Å². The van der Waals surface area contributed by atoms with Crippen LogP contribution in [0, 0.1) is 0 Å². The lowest BCUT2D eigenvalue weighted by Gasteiger charge is -1.98. The van der Waals surface area contributed by atoms with Gasteiger partial charge in [-0.3, -0.25) is 4.79 Å². The van der Waals surface area contributed by atoms with Gasteiger partial charge in [-0.15, -0.1) is 0 Å². The lowest BCUT2D eigenvalue weighted by molar-refractivity contribution is 0.0945. The summed E-state index contributed by atoms with van der Waals surface area (Å²) in [6.45, 7) is 0.0813. The Bertz CT molecular complexity index is 1760. The van der Waals surface area contributed by atoms with Crippen molar-refractivity contribution in [3.05, 3.63) is 66.8 Å². The number of allylic oxidation sites excluding steroid dienone is 1. The van der Waals surface area contributed by atoms with Gasteiger partial charge in [0, 0.05) is 6.42 Å². The number of oxazole rings is 6. The predicted octanol–water partition coefficient (Wildman–Crippen LogP) is 3.78. The highest BCUT2D eigenvalue weighted by Crippen LogP contribution is 2.26. The maximum atomic E-state index is 12.6. The van der Waals surface area contributed by atoms with Gasteiger partial charge < -0.3 is 31.8 Å². The number of fused-ring (bicyclic) bond motifs is 16. The monoisotopic (exact) mass is 499 g/mol. The fourth-order valence-electron chi connectivity index (χ4n) is 3.47. The third kappa shape index (κ3) is 3.91. The Kier molecular flexibility index (Phi) is 4.67. The molecule has 6 aromatic rings. The average Bonchev–Trinajstić information content (AvgIpc) is 3.74. The van der Waals surface area contributed by atoms with Gasteiger partial charge >= 0.3 is 0 Å². The fraction of sp³-hybridized carbons (Fsp3) is 0.0870. The largest absolute Gasteiger partial charge is 0.448 e. The Morgan fingerprint density at radius 2 is 1.16 bits per heavy atom. The quantitative estimate of drug-likeness (QED) is 0.318. The zero-order valence-corrected chi connectivity index (χ0v) is 18.6. The summed E-state index contributed by atoms with van der Waals surface area (Å²) >= 11 is 0. The Hall–Kier alpha value is -5.53. The van der Waals surface area contributed by atoms with E-state index in [0.29, 0.717) is 41.0 Å². The second-order valence-electron chi connectivity index (χ2n) is 7.74. The fourth-order valence-corrected chi connectivity index (χ4v) is 3.47. The Labute approximate surface area is 205 Å². The van der Waals surface area contributed by atoms with Gasteiger partial charge in [0.1, 0.15) is 37.6 Å². The van der Waals surface area contributed by atoms with Crippen molar-refractivity contribution in [1.82, 2.24) is 35.2 Å². The van der Waals surface area contributed by atoms with E-state index in [1.807, 2.05) is 0 Å². The normalized spacial score (nSPS) is 13.4. The van der Waals surface area contributed by atoms with E-state index in [0.717, 1.165) is 0 Å². The van der Waals surface area contributed by atoms with Crippen LogP contribution in [0.15, 0.2) is 70.2 Å². The van der Waals surface area contributed by atoms with E-state index in [-0.39, 0.29) is 41.5 Å². The molecule has 0 spiro atoms. The number of hydrogen-bond donors (Lipinski definition) is 1. The van der Waals surface area contributed by atoms with E-state index in [4.69, 9.17) is 26.5 Å². The van der Waals surface area contributed by atoms with Crippen molar-refractivity contribution in [3.8, 4) is 46.3 Å². The molecule has 1 N–H and O–H groups in total. The molecular formula is C23H13N7O7. The van der Waals surface area contributed by atoms with Crippen LogP contribution in [0.2, 0.25) is 0 Å².